The van der Waals surface area contributed by atoms with Crippen LogP contribution in [0, 0.1) is 0 Å². The van der Waals surface area contributed by atoms with Crippen molar-refractivity contribution in [1.29, 1.82) is 0 Å². The SMILES string of the molecule is O=C(O)CN=C(c1ccccc1)c1cc(Cl)ccc1NC(=O)CC1NCc2ccc3ccccc3c2-c2c1ccc1ccccc21. The van der Waals surface area contributed by atoms with E-state index in [1.807, 2.05) is 36.4 Å². The standard InChI is InChI=1S/C39H30ClN3O3/c40-28-17-19-33(32(20-28)39(42-23-36(45)46)26-10-2-1-3-11-26)43-35(44)21-34-31-18-16-25-9-5-7-13-30(25)38(31)37-27(22-41-34)15-14-24-8-4-6-12-29(24)37/h1-20,34,41H,21-23H2,(H,43,44)(H,45,46). The minimum absolute atomic E-state index is 0.173. The molecule has 6 aromatic rings. The van der Waals surface area contributed by atoms with E-state index in [0.29, 0.717) is 28.5 Å². The molecule has 1 aliphatic rings. The second-order valence-corrected chi connectivity index (χ2v) is 11.8. The van der Waals surface area contributed by atoms with Gasteiger partial charge in [-0.05, 0) is 62.0 Å². The Morgan fingerprint density at radius 1 is 0.804 bits per heavy atom. The first-order valence-corrected chi connectivity index (χ1v) is 15.5. The number of carbonyl (C=O) groups is 2. The quantitative estimate of drug-likeness (QED) is 0.156. The number of aliphatic imine (C=N–C) groups is 1. The molecule has 0 aliphatic carbocycles. The summed E-state index contributed by atoms with van der Waals surface area (Å²) in [6, 6.07) is 39.6. The predicted molar refractivity (Wildman–Crippen MR) is 186 cm³/mol. The second kappa shape index (κ2) is 12.6. The Bertz CT molecular complexity index is 2160. The van der Waals surface area contributed by atoms with Crippen molar-refractivity contribution >= 4 is 56.4 Å². The van der Waals surface area contributed by atoms with E-state index >= 15 is 0 Å². The Hall–Kier alpha value is -5.30. The number of hydrogen-bond donors (Lipinski definition) is 3. The fourth-order valence-corrected chi connectivity index (χ4v) is 6.60. The number of benzene rings is 6. The molecule has 0 aromatic heterocycles. The number of carbonyl (C=O) groups excluding carboxylic acids is 1. The highest BCUT2D eigenvalue weighted by molar-refractivity contribution is 6.31. The third-order valence-electron chi connectivity index (χ3n) is 8.46. The van der Waals surface area contributed by atoms with E-state index in [1.54, 1.807) is 18.2 Å². The van der Waals surface area contributed by atoms with Crippen LogP contribution < -0.4 is 10.6 Å². The molecule has 6 aromatic carbocycles. The lowest BCUT2D eigenvalue weighted by Gasteiger charge is -2.21. The number of aliphatic carboxylic acids is 1. The summed E-state index contributed by atoms with van der Waals surface area (Å²) >= 11 is 6.42. The number of nitrogens with one attached hydrogen (secondary N) is 2. The number of hydrogen-bond acceptors (Lipinski definition) is 4. The van der Waals surface area contributed by atoms with E-state index in [0.717, 1.165) is 27.5 Å². The molecule has 3 N–H and O–H groups in total. The lowest BCUT2D eigenvalue weighted by molar-refractivity contribution is -0.135. The highest BCUT2D eigenvalue weighted by Crippen LogP contribution is 2.43. The maximum atomic E-state index is 13.9. The summed E-state index contributed by atoms with van der Waals surface area (Å²) in [5.74, 6) is -1.25. The van der Waals surface area contributed by atoms with Gasteiger partial charge >= 0.3 is 5.97 Å². The summed E-state index contributed by atoms with van der Waals surface area (Å²) in [4.78, 5) is 29.8. The molecule has 7 rings (SSSR count). The van der Waals surface area contributed by atoms with E-state index in [2.05, 4.69) is 82.4 Å². The molecule has 1 amide bonds. The van der Waals surface area contributed by atoms with Crippen LogP contribution in [-0.2, 0) is 16.1 Å². The molecule has 1 aliphatic heterocycles. The van der Waals surface area contributed by atoms with E-state index in [9.17, 15) is 14.7 Å². The van der Waals surface area contributed by atoms with Gasteiger partial charge in [0.1, 0.15) is 6.54 Å². The molecular formula is C39H30ClN3O3. The summed E-state index contributed by atoms with van der Waals surface area (Å²) in [5.41, 5.74) is 6.80. The molecule has 0 spiro atoms. The Morgan fingerprint density at radius 3 is 2.22 bits per heavy atom. The maximum absolute atomic E-state index is 13.9. The van der Waals surface area contributed by atoms with Crippen molar-refractivity contribution in [3.63, 3.8) is 0 Å². The van der Waals surface area contributed by atoms with Gasteiger partial charge in [-0.25, -0.2) is 0 Å². The molecule has 6 nitrogen and oxygen atoms in total. The Balaban J connectivity index is 1.27. The molecule has 46 heavy (non-hydrogen) atoms. The highest BCUT2D eigenvalue weighted by Gasteiger charge is 2.27. The van der Waals surface area contributed by atoms with Crippen LogP contribution in [0.15, 0.2) is 126 Å². The van der Waals surface area contributed by atoms with Crippen molar-refractivity contribution in [2.24, 2.45) is 4.99 Å². The van der Waals surface area contributed by atoms with Crippen molar-refractivity contribution in [2.45, 2.75) is 19.0 Å². The van der Waals surface area contributed by atoms with E-state index < -0.39 is 12.5 Å². The van der Waals surface area contributed by atoms with Gasteiger partial charge in [-0.3, -0.25) is 14.6 Å². The van der Waals surface area contributed by atoms with Crippen molar-refractivity contribution in [2.75, 3.05) is 11.9 Å². The van der Waals surface area contributed by atoms with Crippen LogP contribution in [0.3, 0.4) is 0 Å². The van der Waals surface area contributed by atoms with Crippen LogP contribution in [0.5, 0.6) is 0 Å². The number of rotatable bonds is 7. The predicted octanol–water partition coefficient (Wildman–Crippen LogP) is 8.41. The van der Waals surface area contributed by atoms with Crippen molar-refractivity contribution in [1.82, 2.24) is 5.32 Å². The topological polar surface area (TPSA) is 90.8 Å². The summed E-state index contributed by atoms with van der Waals surface area (Å²) in [7, 11) is 0. The number of halogens is 1. The van der Waals surface area contributed by atoms with Gasteiger partial charge in [0, 0.05) is 35.2 Å². The summed E-state index contributed by atoms with van der Waals surface area (Å²) in [6.45, 7) is 0.184. The minimum atomic E-state index is -1.06. The van der Waals surface area contributed by atoms with Gasteiger partial charge in [0.25, 0.3) is 0 Å². The molecule has 7 heteroatoms. The van der Waals surface area contributed by atoms with Crippen molar-refractivity contribution < 1.29 is 14.7 Å². The molecule has 1 unspecified atom stereocenters. The lowest BCUT2D eigenvalue weighted by atomic mass is 9.86. The largest absolute Gasteiger partial charge is 0.480 e. The molecule has 0 fully saturated rings. The average Bonchev–Trinajstić information content (AvgIpc) is 3.23. The lowest BCUT2D eigenvalue weighted by Crippen LogP contribution is -2.26. The number of nitrogens with zero attached hydrogens (tertiary/aromatic N) is 1. The van der Waals surface area contributed by atoms with Gasteiger partial charge in [0.15, 0.2) is 0 Å². The third-order valence-corrected chi connectivity index (χ3v) is 8.70. The van der Waals surface area contributed by atoms with Crippen LogP contribution in [0.2, 0.25) is 5.02 Å². The summed E-state index contributed by atoms with van der Waals surface area (Å²) in [6.07, 6.45) is 0.173. The summed E-state index contributed by atoms with van der Waals surface area (Å²) in [5, 5.41) is 21.3. The van der Waals surface area contributed by atoms with E-state index in [-0.39, 0.29) is 18.4 Å². The third kappa shape index (κ3) is 5.76. The van der Waals surface area contributed by atoms with Crippen LogP contribution in [0.1, 0.15) is 34.7 Å². The fraction of sp³-hybridized carbons (Fsp3) is 0.103. The molecule has 1 heterocycles. The maximum Gasteiger partial charge on any atom is 0.325 e. The van der Waals surface area contributed by atoms with Crippen LogP contribution >= 0.6 is 11.6 Å². The van der Waals surface area contributed by atoms with Crippen LogP contribution in [0.25, 0.3) is 32.7 Å². The fourth-order valence-electron chi connectivity index (χ4n) is 6.42. The molecular weight excluding hydrogens is 594 g/mol. The smallest absolute Gasteiger partial charge is 0.325 e. The minimum Gasteiger partial charge on any atom is -0.480 e. The molecule has 0 radical (unpaired) electrons. The second-order valence-electron chi connectivity index (χ2n) is 11.4. The average molecular weight is 624 g/mol. The molecule has 0 saturated heterocycles. The van der Waals surface area contributed by atoms with Gasteiger partial charge in [0.2, 0.25) is 5.91 Å². The first-order chi connectivity index (χ1) is 22.5. The summed E-state index contributed by atoms with van der Waals surface area (Å²) < 4.78 is 0. The normalized spacial score (nSPS) is 14.4. The number of fused-ring (bicyclic) bond motifs is 7. The number of carboxylic acids is 1. The Kier molecular flexibility index (Phi) is 8.06. The zero-order valence-electron chi connectivity index (χ0n) is 24.8. The van der Waals surface area contributed by atoms with Gasteiger partial charge in [-0.1, -0.05) is 115 Å². The molecule has 0 saturated carbocycles. The van der Waals surface area contributed by atoms with E-state index in [1.165, 1.54) is 21.9 Å². The molecule has 226 valence electrons. The first-order valence-electron chi connectivity index (χ1n) is 15.1. The number of anilines is 1. The van der Waals surface area contributed by atoms with Gasteiger partial charge in [-0.15, -0.1) is 0 Å². The molecule has 1 atom stereocenters. The van der Waals surface area contributed by atoms with Gasteiger partial charge in [-0.2, -0.15) is 0 Å². The number of amides is 1. The van der Waals surface area contributed by atoms with Crippen molar-refractivity contribution in [3.8, 4) is 11.1 Å². The zero-order chi connectivity index (χ0) is 31.6. The Morgan fingerprint density at radius 2 is 1.48 bits per heavy atom. The zero-order valence-corrected chi connectivity index (χ0v) is 25.6. The van der Waals surface area contributed by atoms with Gasteiger partial charge < -0.3 is 15.7 Å². The number of carboxylic acid groups (broad SMARTS) is 1. The first kappa shape index (κ1) is 29.4. The van der Waals surface area contributed by atoms with E-state index in [4.69, 9.17) is 11.6 Å². The van der Waals surface area contributed by atoms with Gasteiger partial charge in [0.05, 0.1) is 11.4 Å². The monoisotopic (exact) mass is 623 g/mol. The van der Waals surface area contributed by atoms with Crippen LogP contribution in [0.4, 0.5) is 5.69 Å². The Labute approximate surface area is 271 Å². The molecule has 0 bridgehead atoms. The highest BCUT2D eigenvalue weighted by atomic mass is 35.5. The van der Waals surface area contributed by atoms with Crippen molar-refractivity contribution in [3.05, 3.63) is 149 Å². The van der Waals surface area contributed by atoms with Crippen LogP contribution in [-0.4, -0.2) is 29.2 Å².